The minimum atomic E-state index is -4.62. The van der Waals surface area contributed by atoms with E-state index in [2.05, 4.69) is 13.8 Å². The van der Waals surface area contributed by atoms with E-state index in [9.17, 15) is 19.0 Å². The summed E-state index contributed by atoms with van der Waals surface area (Å²) in [5.41, 5.74) is 0. The molecule has 0 aliphatic rings. The number of nitrogens with zero attached hydrogens (tertiary/aromatic N) is 1. The number of likely N-dealkylation sites (N-methyl/N-ethyl adjacent to an activating group) is 1. The Morgan fingerprint density at radius 2 is 0.750 bits per heavy atom. The fraction of sp³-hybridized carbons (Fsp3) is 0.960. The Hall–Kier alpha value is -0.990. The van der Waals surface area contributed by atoms with Crippen LogP contribution in [0.4, 0.5) is 0 Å². The molecule has 10 heteroatoms. The lowest BCUT2D eigenvalue weighted by molar-refractivity contribution is -0.870. The first-order valence-electron chi connectivity index (χ1n) is 25.7. The van der Waals surface area contributed by atoms with E-state index in [4.69, 9.17) is 18.5 Å². The van der Waals surface area contributed by atoms with Crippen molar-refractivity contribution in [2.24, 2.45) is 0 Å². The SMILES string of the molecule is CCCCCCCCCCCCCCCCCCCCCC(=O)OC(COC(=O)CCCCCCCCCCCCCCCCCCC)COP(=O)([O-])OCC[N+](C)(C)C. The molecule has 0 saturated heterocycles. The predicted octanol–water partition coefficient (Wildman–Crippen LogP) is 14.5. The highest BCUT2D eigenvalue weighted by Crippen LogP contribution is 2.38. The third kappa shape index (κ3) is 46.5. The van der Waals surface area contributed by atoms with Gasteiger partial charge in [-0.05, 0) is 12.8 Å². The Morgan fingerprint density at radius 3 is 1.07 bits per heavy atom. The number of esters is 2. The lowest BCUT2D eigenvalue weighted by atomic mass is 10.0. The summed E-state index contributed by atoms with van der Waals surface area (Å²) in [5.74, 6) is -0.813. The van der Waals surface area contributed by atoms with Gasteiger partial charge < -0.3 is 27.9 Å². The first-order valence-corrected chi connectivity index (χ1v) is 27.2. The molecule has 0 saturated carbocycles. The van der Waals surface area contributed by atoms with E-state index in [1.165, 1.54) is 193 Å². The molecule has 0 amide bonds. The van der Waals surface area contributed by atoms with Gasteiger partial charge in [-0.2, -0.15) is 0 Å². The first-order chi connectivity index (χ1) is 29.0. The zero-order valence-corrected chi connectivity index (χ0v) is 41.3. The van der Waals surface area contributed by atoms with Crippen LogP contribution in [0.5, 0.6) is 0 Å². The van der Waals surface area contributed by atoms with Gasteiger partial charge in [-0.25, -0.2) is 0 Å². The van der Waals surface area contributed by atoms with Gasteiger partial charge in [0.15, 0.2) is 6.10 Å². The van der Waals surface area contributed by atoms with Crippen molar-refractivity contribution < 1.29 is 42.1 Å². The number of phosphoric ester groups is 1. The molecule has 0 aliphatic carbocycles. The molecule has 0 rings (SSSR count). The average molecular weight is 874 g/mol. The van der Waals surface area contributed by atoms with Crippen LogP contribution in [0, 0.1) is 0 Å². The van der Waals surface area contributed by atoms with Crippen molar-refractivity contribution in [1.29, 1.82) is 0 Å². The van der Waals surface area contributed by atoms with Crippen LogP contribution < -0.4 is 4.89 Å². The molecule has 358 valence electrons. The largest absolute Gasteiger partial charge is 0.756 e. The highest BCUT2D eigenvalue weighted by Gasteiger charge is 2.21. The molecule has 0 aromatic carbocycles. The van der Waals surface area contributed by atoms with E-state index in [1.807, 2.05) is 21.1 Å². The van der Waals surface area contributed by atoms with Crippen molar-refractivity contribution in [2.75, 3.05) is 47.5 Å². The van der Waals surface area contributed by atoms with Crippen LogP contribution in [0.3, 0.4) is 0 Å². The molecule has 0 radical (unpaired) electrons. The van der Waals surface area contributed by atoms with E-state index >= 15 is 0 Å². The lowest BCUT2D eigenvalue weighted by Gasteiger charge is -2.28. The van der Waals surface area contributed by atoms with E-state index < -0.39 is 26.5 Å². The molecule has 0 spiro atoms. The minimum absolute atomic E-state index is 0.0253. The number of hydrogen-bond acceptors (Lipinski definition) is 8. The number of quaternary nitrogens is 1. The molecule has 0 N–H and O–H groups in total. The van der Waals surface area contributed by atoms with Crippen LogP contribution in [-0.2, 0) is 32.7 Å². The lowest BCUT2D eigenvalue weighted by Crippen LogP contribution is -2.37. The molecule has 0 bridgehead atoms. The smallest absolute Gasteiger partial charge is 0.306 e. The van der Waals surface area contributed by atoms with Crippen molar-refractivity contribution in [1.82, 2.24) is 0 Å². The van der Waals surface area contributed by atoms with Crippen LogP contribution in [-0.4, -0.2) is 70.0 Å². The summed E-state index contributed by atoms with van der Waals surface area (Å²) < 4.78 is 34.1. The molecule has 9 nitrogen and oxygen atoms in total. The number of hydrogen-bond donors (Lipinski definition) is 0. The average Bonchev–Trinajstić information content (AvgIpc) is 3.20. The number of rotatable bonds is 48. The Morgan fingerprint density at radius 1 is 0.450 bits per heavy atom. The molecule has 2 atom stereocenters. The predicted molar refractivity (Wildman–Crippen MR) is 250 cm³/mol. The van der Waals surface area contributed by atoms with Gasteiger partial charge in [0, 0.05) is 12.8 Å². The van der Waals surface area contributed by atoms with Gasteiger partial charge in [0.1, 0.15) is 19.8 Å². The van der Waals surface area contributed by atoms with E-state index in [0.29, 0.717) is 17.4 Å². The van der Waals surface area contributed by atoms with E-state index in [1.54, 1.807) is 0 Å². The Bertz CT molecular complexity index is 990. The maximum atomic E-state index is 12.7. The topological polar surface area (TPSA) is 111 Å². The van der Waals surface area contributed by atoms with Gasteiger partial charge in [0.25, 0.3) is 7.82 Å². The van der Waals surface area contributed by atoms with Crippen molar-refractivity contribution in [3.05, 3.63) is 0 Å². The maximum absolute atomic E-state index is 12.7. The third-order valence-electron chi connectivity index (χ3n) is 11.6. The summed E-state index contributed by atoms with van der Waals surface area (Å²) in [6.45, 7) is 4.29. The monoisotopic (exact) mass is 874 g/mol. The summed E-state index contributed by atoms with van der Waals surface area (Å²) in [4.78, 5) is 37.7. The number of ether oxygens (including phenoxy) is 2. The number of carbonyl (C=O) groups is 2. The van der Waals surface area contributed by atoms with Crippen LogP contribution in [0.25, 0.3) is 0 Å². The Labute approximate surface area is 372 Å². The zero-order valence-electron chi connectivity index (χ0n) is 40.4. The summed E-state index contributed by atoms with van der Waals surface area (Å²) in [6, 6.07) is 0. The molecule has 0 aliphatic heterocycles. The van der Waals surface area contributed by atoms with Gasteiger partial charge in [-0.1, -0.05) is 232 Å². The second-order valence-corrected chi connectivity index (χ2v) is 20.3. The zero-order chi connectivity index (χ0) is 44.3. The van der Waals surface area contributed by atoms with Crippen molar-refractivity contribution in [3.63, 3.8) is 0 Å². The fourth-order valence-corrected chi connectivity index (χ4v) is 8.33. The molecule has 60 heavy (non-hydrogen) atoms. The Balaban J connectivity index is 4.20. The highest BCUT2D eigenvalue weighted by atomic mass is 31.2. The first kappa shape index (κ1) is 59.0. The Kier molecular flexibility index (Phi) is 42.6. The van der Waals surface area contributed by atoms with Crippen molar-refractivity contribution in [3.8, 4) is 0 Å². The number of carbonyl (C=O) groups excluding carboxylic acids is 2. The van der Waals surface area contributed by atoms with Gasteiger partial charge in [0.05, 0.1) is 27.7 Å². The molecule has 0 fully saturated rings. The van der Waals surface area contributed by atoms with Gasteiger partial charge in [0.2, 0.25) is 0 Å². The summed E-state index contributed by atoms with van der Waals surface area (Å²) in [7, 11) is 1.19. The quantitative estimate of drug-likeness (QED) is 0.0257. The van der Waals surface area contributed by atoms with Gasteiger partial charge >= 0.3 is 11.9 Å². The van der Waals surface area contributed by atoms with E-state index in [0.717, 1.165) is 32.1 Å². The molecule has 0 aromatic rings. The molecular weight excluding hydrogens is 774 g/mol. The van der Waals surface area contributed by atoms with Crippen LogP contribution in [0.1, 0.15) is 258 Å². The molecule has 0 aromatic heterocycles. The highest BCUT2D eigenvalue weighted by molar-refractivity contribution is 7.45. The molecule has 2 unspecified atom stereocenters. The normalized spacial score (nSPS) is 13.4. The summed E-state index contributed by atoms with van der Waals surface area (Å²) in [5, 5.41) is 0. The summed E-state index contributed by atoms with van der Waals surface area (Å²) in [6.07, 6.45) is 45.5. The van der Waals surface area contributed by atoms with Gasteiger partial charge in [-0.15, -0.1) is 0 Å². The van der Waals surface area contributed by atoms with Crippen LogP contribution in [0.15, 0.2) is 0 Å². The van der Waals surface area contributed by atoms with Crippen molar-refractivity contribution in [2.45, 2.75) is 264 Å². The second kappa shape index (κ2) is 43.3. The second-order valence-electron chi connectivity index (χ2n) is 18.9. The fourth-order valence-electron chi connectivity index (χ4n) is 7.60. The standard InChI is InChI=1S/C50H100NO8P/c1-6-8-10-12-14-16-18-20-22-24-25-27-29-31-33-35-37-39-41-43-50(53)59-48(47-58-60(54,55)57-45-44-51(3,4)5)46-56-49(52)42-40-38-36-34-32-30-28-26-23-21-19-17-15-13-11-9-7-2/h48H,6-47H2,1-5H3. The number of phosphoric acid groups is 1. The molecular formula is C50H100NO8P. The van der Waals surface area contributed by atoms with Crippen molar-refractivity contribution >= 4 is 19.8 Å². The minimum Gasteiger partial charge on any atom is -0.756 e. The van der Waals surface area contributed by atoms with Crippen LogP contribution >= 0.6 is 7.82 Å². The third-order valence-corrected chi connectivity index (χ3v) is 12.6. The van der Waals surface area contributed by atoms with Gasteiger partial charge in [-0.3, -0.25) is 14.2 Å². The van der Waals surface area contributed by atoms with E-state index in [-0.39, 0.29) is 32.0 Å². The van der Waals surface area contributed by atoms with Crippen LogP contribution in [0.2, 0.25) is 0 Å². The number of unbranched alkanes of at least 4 members (excludes halogenated alkanes) is 34. The maximum Gasteiger partial charge on any atom is 0.306 e. The summed E-state index contributed by atoms with van der Waals surface area (Å²) >= 11 is 0. The molecule has 0 heterocycles.